The van der Waals surface area contributed by atoms with E-state index in [2.05, 4.69) is 10.2 Å². The first-order chi connectivity index (χ1) is 11.1. The first kappa shape index (κ1) is 15.7. The average Bonchev–Trinajstić information content (AvgIpc) is 3.00. The Labute approximate surface area is 140 Å². The van der Waals surface area contributed by atoms with Crippen molar-refractivity contribution in [3.8, 4) is 5.88 Å². The summed E-state index contributed by atoms with van der Waals surface area (Å²) in [4.78, 5) is 14.2. The summed E-state index contributed by atoms with van der Waals surface area (Å²) < 4.78 is 5.79. The van der Waals surface area contributed by atoms with Crippen LogP contribution >= 0.6 is 11.6 Å². The minimum atomic E-state index is -0.0396. The number of likely N-dealkylation sites (tertiary alicyclic amines) is 1. The van der Waals surface area contributed by atoms with Crippen molar-refractivity contribution in [2.24, 2.45) is 0 Å². The minimum absolute atomic E-state index is 0.0396. The summed E-state index contributed by atoms with van der Waals surface area (Å²) in [5.41, 5.74) is 1.70. The summed E-state index contributed by atoms with van der Waals surface area (Å²) in [6.07, 6.45) is 1.07. The lowest BCUT2D eigenvalue weighted by atomic mass is 10.1. The van der Waals surface area contributed by atoms with Gasteiger partial charge >= 0.3 is 0 Å². The van der Waals surface area contributed by atoms with Crippen molar-refractivity contribution in [3.63, 3.8) is 0 Å². The van der Waals surface area contributed by atoms with E-state index in [0.29, 0.717) is 30.4 Å². The molecule has 1 aromatic heterocycles. The lowest BCUT2D eigenvalue weighted by molar-refractivity contribution is -0.129. The number of nitrogens with zero attached hydrogens (tertiary/aromatic N) is 3. The molecule has 1 amide bonds. The van der Waals surface area contributed by atoms with E-state index in [1.807, 2.05) is 36.1 Å². The Morgan fingerprint density at radius 3 is 2.87 bits per heavy atom. The molecule has 6 heteroatoms. The first-order valence-electron chi connectivity index (χ1n) is 7.60. The van der Waals surface area contributed by atoms with Crippen LogP contribution in [0.4, 0.5) is 0 Å². The summed E-state index contributed by atoms with van der Waals surface area (Å²) >= 11 is 6.11. The van der Waals surface area contributed by atoms with E-state index < -0.39 is 0 Å². The number of amides is 1. The Bertz CT molecular complexity index is 690. The Morgan fingerprint density at radius 1 is 1.30 bits per heavy atom. The van der Waals surface area contributed by atoms with Gasteiger partial charge in [0.25, 0.3) is 0 Å². The zero-order chi connectivity index (χ0) is 16.2. The third-order valence-electron chi connectivity index (χ3n) is 3.86. The van der Waals surface area contributed by atoms with Crippen LogP contribution in [0.15, 0.2) is 36.4 Å². The van der Waals surface area contributed by atoms with E-state index in [9.17, 15) is 4.79 Å². The van der Waals surface area contributed by atoms with E-state index in [-0.39, 0.29) is 12.0 Å². The highest BCUT2D eigenvalue weighted by Gasteiger charge is 2.28. The molecule has 3 rings (SSSR count). The highest BCUT2D eigenvalue weighted by atomic mass is 35.5. The van der Waals surface area contributed by atoms with Gasteiger partial charge in [0.05, 0.1) is 18.7 Å². The molecule has 0 aliphatic carbocycles. The maximum atomic E-state index is 12.4. The number of hydrogen-bond donors (Lipinski definition) is 0. The van der Waals surface area contributed by atoms with Gasteiger partial charge in [-0.3, -0.25) is 4.79 Å². The number of rotatable bonds is 4. The number of aryl methyl sites for hydroxylation is 1. The molecule has 0 bridgehead atoms. The number of ether oxygens (including phenoxy) is 1. The SMILES string of the molecule is Cc1ccc(OC2CCN(C(=O)Cc3ccccc3Cl)C2)nn1. The molecule has 1 aromatic carbocycles. The van der Waals surface area contributed by atoms with Crippen molar-refractivity contribution in [2.45, 2.75) is 25.9 Å². The second-order valence-electron chi connectivity index (χ2n) is 5.65. The quantitative estimate of drug-likeness (QED) is 0.864. The van der Waals surface area contributed by atoms with Gasteiger partial charge in [-0.1, -0.05) is 29.8 Å². The van der Waals surface area contributed by atoms with E-state index in [1.54, 1.807) is 12.1 Å². The van der Waals surface area contributed by atoms with Crippen molar-refractivity contribution < 1.29 is 9.53 Å². The standard InChI is InChI=1S/C17H18ClN3O2/c1-12-6-7-16(20-19-12)23-14-8-9-21(11-14)17(22)10-13-4-2-3-5-15(13)18/h2-7,14H,8-11H2,1H3. The monoisotopic (exact) mass is 331 g/mol. The molecule has 120 valence electrons. The fourth-order valence-corrected chi connectivity index (χ4v) is 2.79. The van der Waals surface area contributed by atoms with Gasteiger partial charge in [-0.15, -0.1) is 5.10 Å². The normalized spacial score (nSPS) is 17.3. The van der Waals surface area contributed by atoms with E-state index in [0.717, 1.165) is 17.7 Å². The largest absolute Gasteiger partial charge is 0.471 e. The maximum absolute atomic E-state index is 12.4. The van der Waals surface area contributed by atoms with Crippen molar-refractivity contribution >= 4 is 17.5 Å². The second kappa shape index (κ2) is 6.96. The summed E-state index contributed by atoms with van der Waals surface area (Å²) in [6, 6.07) is 11.1. The molecule has 23 heavy (non-hydrogen) atoms. The maximum Gasteiger partial charge on any atom is 0.233 e. The predicted octanol–water partition coefficient (Wildman–Crippen LogP) is 2.66. The van der Waals surface area contributed by atoms with Crippen LogP contribution in [0.2, 0.25) is 5.02 Å². The molecule has 0 radical (unpaired) electrons. The average molecular weight is 332 g/mol. The third-order valence-corrected chi connectivity index (χ3v) is 4.23. The molecule has 5 nitrogen and oxygen atoms in total. The highest BCUT2D eigenvalue weighted by molar-refractivity contribution is 6.31. The van der Waals surface area contributed by atoms with Crippen LogP contribution in [0.25, 0.3) is 0 Å². The first-order valence-corrected chi connectivity index (χ1v) is 7.98. The van der Waals surface area contributed by atoms with Gasteiger partial charge in [0, 0.05) is 24.1 Å². The molecule has 1 atom stereocenters. The minimum Gasteiger partial charge on any atom is -0.471 e. The number of benzene rings is 1. The predicted molar refractivity (Wildman–Crippen MR) is 87.5 cm³/mol. The molecule has 1 aliphatic heterocycles. The van der Waals surface area contributed by atoms with Gasteiger partial charge in [-0.2, -0.15) is 5.10 Å². The van der Waals surface area contributed by atoms with Crippen molar-refractivity contribution in [1.29, 1.82) is 0 Å². The third kappa shape index (κ3) is 3.99. The zero-order valence-corrected chi connectivity index (χ0v) is 13.7. The number of carbonyl (C=O) groups is 1. The van der Waals surface area contributed by atoms with E-state index in [4.69, 9.17) is 16.3 Å². The highest BCUT2D eigenvalue weighted by Crippen LogP contribution is 2.20. The Morgan fingerprint density at radius 2 is 2.13 bits per heavy atom. The fraction of sp³-hybridized carbons (Fsp3) is 0.353. The molecular weight excluding hydrogens is 314 g/mol. The van der Waals surface area contributed by atoms with Crippen LogP contribution in [0.3, 0.4) is 0 Å². The number of carbonyl (C=O) groups excluding carboxylic acids is 1. The van der Waals surface area contributed by atoms with Gasteiger partial charge in [0.15, 0.2) is 0 Å². The van der Waals surface area contributed by atoms with Crippen LogP contribution in [0.1, 0.15) is 17.7 Å². The van der Waals surface area contributed by atoms with Crippen molar-refractivity contribution in [2.75, 3.05) is 13.1 Å². The molecule has 1 saturated heterocycles. The van der Waals surface area contributed by atoms with Crippen LogP contribution in [0.5, 0.6) is 5.88 Å². The van der Waals surface area contributed by atoms with Crippen LogP contribution < -0.4 is 4.74 Å². The van der Waals surface area contributed by atoms with E-state index >= 15 is 0 Å². The summed E-state index contributed by atoms with van der Waals surface area (Å²) in [7, 11) is 0. The molecular formula is C17H18ClN3O2. The lowest BCUT2D eigenvalue weighted by Crippen LogP contribution is -2.32. The van der Waals surface area contributed by atoms with E-state index in [1.165, 1.54) is 0 Å². The van der Waals surface area contributed by atoms with Crippen molar-refractivity contribution in [3.05, 3.63) is 52.7 Å². The number of halogens is 1. The zero-order valence-electron chi connectivity index (χ0n) is 12.9. The topological polar surface area (TPSA) is 55.3 Å². The molecule has 2 heterocycles. The molecule has 0 spiro atoms. The van der Waals surface area contributed by atoms with Crippen LogP contribution in [0, 0.1) is 6.92 Å². The smallest absolute Gasteiger partial charge is 0.233 e. The Hall–Kier alpha value is -2.14. The molecule has 2 aromatic rings. The Balaban J connectivity index is 1.55. The summed E-state index contributed by atoms with van der Waals surface area (Å²) in [5.74, 6) is 0.570. The number of hydrogen-bond acceptors (Lipinski definition) is 4. The number of aromatic nitrogens is 2. The lowest BCUT2D eigenvalue weighted by Gasteiger charge is -2.17. The summed E-state index contributed by atoms with van der Waals surface area (Å²) in [5, 5.41) is 8.60. The van der Waals surface area contributed by atoms with Gasteiger partial charge in [0.2, 0.25) is 11.8 Å². The van der Waals surface area contributed by atoms with Gasteiger partial charge < -0.3 is 9.64 Å². The summed E-state index contributed by atoms with van der Waals surface area (Å²) in [6.45, 7) is 3.13. The molecule has 0 saturated carbocycles. The van der Waals surface area contributed by atoms with Crippen LogP contribution in [-0.2, 0) is 11.2 Å². The Kier molecular flexibility index (Phi) is 4.76. The molecule has 1 aliphatic rings. The fourth-order valence-electron chi connectivity index (χ4n) is 2.59. The second-order valence-corrected chi connectivity index (χ2v) is 6.06. The van der Waals surface area contributed by atoms with Gasteiger partial charge in [-0.25, -0.2) is 0 Å². The van der Waals surface area contributed by atoms with Gasteiger partial charge in [0.1, 0.15) is 6.10 Å². The molecule has 1 fully saturated rings. The molecule has 0 N–H and O–H groups in total. The van der Waals surface area contributed by atoms with Gasteiger partial charge in [-0.05, 0) is 24.6 Å². The molecule has 1 unspecified atom stereocenters. The van der Waals surface area contributed by atoms with Crippen molar-refractivity contribution in [1.82, 2.24) is 15.1 Å². The van der Waals surface area contributed by atoms with Crippen LogP contribution in [-0.4, -0.2) is 40.2 Å².